The number of H-pyrrole nitrogens is 1. The smallest absolute Gasteiger partial charge is 0.326 e. The number of anilines is 2. The van der Waals surface area contributed by atoms with Gasteiger partial charge in [-0.05, 0) is 32.2 Å². The molecule has 0 aliphatic carbocycles. The molecular formula is C18H21FN6O. The van der Waals surface area contributed by atoms with E-state index in [4.69, 9.17) is 10.5 Å². The first-order chi connectivity index (χ1) is 12.5. The van der Waals surface area contributed by atoms with E-state index in [1.54, 1.807) is 24.3 Å². The standard InChI is InChI=1S/C18H21FN6O/c1-11-9-12-13(21-11)3-4-14(17(12)19)26-18-22-15(20)10-16(23-18)25-7-5-24(2)6-8-25/h3-4,9-10,21H,5-8H2,1-2H3,(H2,20,22,23). The zero-order chi connectivity index (χ0) is 18.3. The number of aryl methyl sites for hydroxylation is 1. The Morgan fingerprint density at radius 3 is 2.69 bits per heavy atom. The van der Waals surface area contributed by atoms with Crippen molar-refractivity contribution < 1.29 is 9.13 Å². The van der Waals surface area contributed by atoms with Crippen LogP contribution in [0.1, 0.15) is 5.69 Å². The third-order valence-electron chi connectivity index (χ3n) is 4.58. The largest absolute Gasteiger partial charge is 0.421 e. The summed E-state index contributed by atoms with van der Waals surface area (Å²) in [5, 5.41) is 0.475. The minimum atomic E-state index is -0.445. The van der Waals surface area contributed by atoms with Crippen LogP contribution in [-0.2, 0) is 0 Å². The summed E-state index contributed by atoms with van der Waals surface area (Å²) in [7, 11) is 2.09. The van der Waals surface area contributed by atoms with Crippen molar-refractivity contribution in [3.8, 4) is 11.8 Å². The van der Waals surface area contributed by atoms with Gasteiger partial charge < -0.3 is 25.3 Å². The van der Waals surface area contributed by atoms with E-state index in [1.807, 2.05) is 6.92 Å². The number of aromatic nitrogens is 3. The molecule has 0 amide bonds. The van der Waals surface area contributed by atoms with Gasteiger partial charge in [-0.25, -0.2) is 4.39 Å². The molecule has 0 unspecified atom stereocenters. The van der Waals surface area contributed by atoms with Crippen molar-refractivity contribution in [3.05, 3.63) is 35.8 Å². The number of hydrogen-bond donors (Lipinski definition) is 2. The molecule has 0 bridgehead atoms. The highest BCUT2D eigenvalue weighted by Gasteiger charge is 2.18. The second-order valence-corrected chi connectivity index (χ2v) is 6.62. The van der Waals surface area contributed by atoms with Gasteiger partial charge in [0.15, 0.2) is 11.6 Å². The van der Waals surface area contributed by atoms with Crippen molar-refractivity contribution in [2.45, 2.75) is 6.92 Å². The molecule has 2 aromatic heterocycles. The number of piperazine rings is 1. The molecule has 7 nitrogen and oxygen atoms in total. The molecule has 3 N–H and O–H groups in total. The molecule has 3 heterocycles. The number of aromatic amines is 1. The van der Waals surface area contributed by atoms with Gasteiger partial charge in [0.2, 0.25) is 0 Å². The van der Waals surface area contributed by atoms with Crippen molar-refractivity contribution >= 4 is 22.5 Å². The van der Waals surface area contributed by atoms with Crippen LogP contribution in [0.4, 0.5) is 16.0 Å². The molecule has 0 atom stereocenters. The summed E-state index contributed by atoms with van der Waals surface area (Å²) < 4.78 is 20.4. The number of hydrogen-bond acceptors (Lipinski definition) is 6. The van der Waals surface area contributed by atoms with Crippen LogP contribution < -0.4 is 15.4 Å². The van der Waals surface area contributed by atoms with Crippen LogP contribution >= 0.6 is 0 Å². The first-order valence-corrected chi connectivity index (χ1v) is 8.53. The lowest BCUT2D eigenvalue weighted by atomic mass is 10.2. The van der Waals surface area contributed by atoms with Crippen molar-refractivity contribution in [2.75, 3.05) is 43.9 Å². The van der Waals surface area contributed by atoms with Crippen LogP contribution in [-0.4, -0.2) is 53.1 Å². The fourth-order valence-electron chi connectivity index (χ4n) is 3.14. The van der Waals surface area contributed by atoms with E-state index < -0.39 is 5.82 Å². The number of nitrogens with one attached hydrogen (secondary N) is 1. The zero-order valence-electron chi connectivity index (χ0n) is 14.8. The number of ether oxygens (including phenoxy) is 1. The minimum Gasteiger partial charge on any atom is -0.421 e. The summed E-state index contributed by atoms with van der Waals surface area (Å²) in [4.78, 5) is 16.0. The molecular weight excluding hydrogens is 335 g/mol. The van der Waals surface area contributed by atoms with Crippen LogP contribution in [0.5, 0.6) is 11.8 Å². The fraction of sp³-hybridized carbons (Fsp3) is 0.333. The van der Waals surface area contributed by atoms with Crippen LogP contribution in [0, 0.1) is 12.7 Å². The van der Waals surface area contributed by atoms with E-state index in [9.17, 15) is 4.39 Å². The summed E-state index contributed by atoms with van der Waals surface area (Å²) in [6, 6.07) is 6.84. The summed E-state index contributed by atoms with van der Waals surface area (Å²) in [5.74, 6) is 0.618. The van der Waals surface area contributed by atoms with Crippen LogP contribution in [0.15, 0.2) is 24.3 Å². The van der Waals surface area contributed by atoms with Crippen LogP contribution in [0.25, 0.3) is 10.9 Å². The third-order valence-corrected chi connectivity index (χ3v) is 4.58. The maximum absolute atomic E-state index is 14.7. The highest BCUT2D eigenvalue weighted by atomic mass is 19.1. The molecule has 1 fully saturated rings. The predicted molar refractivity (Wildman–Crippen MR) is 99.2 cm³/mol. The highest BCUT2D eigenvalue weighted by Crippen LogP contribution is 2.30. The molecule has 1 aliphatic heterocycles. The molecule has 8 heteroatoms. The average molecular weight is 356 g/mol. The topological polar surface area (TPSA) is 83.3 Å². The number of halogens is 1. The molecule has 1 saturated heterocycles. The van der Waals surface area contributed by atoms with E-state index in [-0.39, 0.29) is 11.8 Å². The van der Waals surface area contributed by atoms with Gasteiger partial charge in [0.05, 0.1) is 0 Å². The van der Waals surface area contributed by atoms with E-state index in [0.29, 0.717) is 17.0 Å². The van der Waals surface area contributed by atoms with Crippen molar-refractivity contribution in [1.29, 1.82) is 0 Å². The number of rotatable bonds is 3. The molecule has 4 rings (SSSR count). The Hall–Kier alpha value is -2.87. The molecule has 1 aliphatic rings. The lowest BCUT2D eigenvalue weighted by Gasteiger charge is -2.33. The molecule has 26 heavy (non-hydrogen) atoms. The Labute approximate surface area is 150 Å². The van der Waals surface area contributed by atoms with Crippen LogP contribution in [0.3, 0.4) is 0 Å². The van der Waals surface area contributed by atoms with E-state index in [0.717, 1.165) is 37.4 Å². The lowest BCUT2D eigenvalue weighted by molar-refractivity contribution is 0.311. The van der Waals surface area contributed by atoms with Crippen molar-refractivity contribution in [3.63, 3.8) is 0 Å². The van der Waals surface area contributed by atoms with Gasteiger partial charge in [0.25, 0.3) is 0 Å². The zero-order valence-corrected chi connectivity index (χ0v) is 14.8. The van der Waals surface area contributed by atoms with Gasteiger partial charge in [0.1, 0.15) is 11.6 Å². The predicted octanol–water partition coefficient (Wildman–Crippen LogP) is 2.53. The van der Waals surface area contributed by atoms with Gasteiger partial charge in [-0.3, -0.25) is 0 Å². The molecule has 0 spiro atoms. The number of nitrogens with two attached hydrogens (primary N) is 1. The summed E-state index contributed by atoms with van der Waals surface area (Å²) in [6.45, 7) is 5.45. The Balaban J connectivity index is 1.63. The Morgan fingerprint density at radius 2 is 1.92 bits per heavy atom. The molecule has 136 valence electrons. The third kappa shape index (κ3) is 3.15. The molecule has 3 aromatic rings. The lowest BCUT2D eigenvalue weighted by Crippen LogP contribution is -2.44. The Bertz CT molecular complexity index is 948. The summed E-state index contributed by atoms with van der Waals surface area (Å²) in [5.41, 5.74) is 7.52. The second-order valence-electron chi connectivity index (χ2n) is 6.62. The monoisotopic (exact) mass is 356 g/mol. The number of benzene rings is 1. The van der Waals surface area contributed by atoms with E-state index >= 15 is 0 Å². The SMILES string of the molecule is Cc1cc2c(F)c(Oc3nc(N)cc(N4CCN(C)CC4)n3)ccc2[nH]1. The first kappa shape index (κ1) is 16.6. The number of nitrogen functional groups attached to an aromatic ring is 1. The molecule has 0 radical (unpaired) electrons. The highest BCUT2D eigenvalue weighted by molar-refractivity contribution is 5.82. The second kappa shape index (κ2) is 6.45. The van der Waals surface area contributed by atoms with Gasteiger partial charge in [-0.2, -0.15) is 9.97 Å². The quantitative estimate of drug-likeness (QED) is 0.750. The normalized spacial score (nSPS) is 15.6. The molecule has 0 saturated carbocycles. The van der Waals surface area contributed by atoms with Gasteiger partial charge >= 0.3 is 6.01 Å². The van der Waals surface area contributed by atoms with Crippen molar-refractivity contribution in [2.24, 2.45) is 0 Å². The Morgan fingerprint density at radius 1 is 1.15 bits per heavy atom. The van der Waals surface area contributed by atoms with Crippen molar-refractivity contribution in [1.82, 2.24) is 19.9 Å². The summed E-state index contributed by atoms with van der Waals surface area (Å²) in [6.07, 6.45) is 0. The maximum Gasteiger partial charge on any atom is 0.326 e. The number of likely N-dealkylation sites (N-methyl/N-ethyl adjacent to an activating group) is 1. The van der Waals surface area contributed by atoms with Gasteiger partial charge in [-0.15, -0.1) is 0 Å². The number of nitrogens with zero attached hydrogens (tertiary/aromatic N) is 4. The van der Waals surface area contributed by atoms with Gasteiger partial charge in [0, 0.05) is 48.8 Å². The van der Waals surface area contributed by atoms with E-state index in [1.165, 1.54) is 0 Å². The minimum absolute atomic E-state index is 0.0458. The summed E-state index contributed by atoms with van der Waals surface area (Å²) >= 11 is 0. The average Bonchev–Trinajstić information content (AvgIpc) is 2.99. The maximum atomic E-state index is 14.7. The van der Waals surface area contributed by atoms with Gasteiger partial charge in [-0.1, -0.05) is 0 Å². The number of fused-ring (bicyclic) bond motifs is 1. The van der Waals surface area contributed by atoms with Crippen LogP contribution in [0.2, 0.25) is 0 Å². The molecule has 1 aromatic carbocycles. The Kier molecular flexibility index (Phi) is 4.12. The fourth-order valence-corrected chi connectivity index (χ4v) is 3.14. The van der Waals surface area contributed by atoms with E-state index in [2.05, 4.69) is 31.8 Å². The first-order valence-electron chi connectivity index (χ1n) is 8.53.